The van der Waals surface area contributed by atoms with Crippen molar-refractivity contribution >= 4 is 17.3 Å². The molecule has 3 rings (SSSR count). The maximum absolute atomic E-state index is 13.9. The summed E-state index contributed by atoms with van der Waals surface area (Å²) < 4.78 is 13.9. The summed E-state index contributed by atoms with van der Waals surface area (Å²) in [6, 6.07) is 21.4. The van der Waals surface area contributed by atoms with Crippen molar-refractivity contribution in [1.82, 2.24) is 5.32 Å². The molecule has 0 aliphatic heterocycles. The number of nitrogens with two attached hydrogens (primary N) is 1. The molecule has 0 fully saturated rings. The van der Waals surface area contributed by atoms with Crippen LogP contribution in [0.5, 0.6) is 0 Å². The molecule has 0 amide bonds. The molecule has 34 heavy (non-hydrogen) atoms. The minimum absolute atomic E-state index is 0.0122. The van der Waals surface area contributed by atoms with E-state index in [2.05, 4.69) is 23.6 Å². The third-order valence-electron chi connectivity index (χ3n) is 5.77. The number of nitriles is 1. The second-order valence-corrected chi connectivity index (χ2v) is 8.33. The zero-order valence-electron chi connectivity index (χ0n) is 19.1. The van der Waals surface area contributed by atoms with E-state index >= 15 is 0 Å². The maximum Gasteiger partial charge on any atom is 0.307 e. The lowest BCUT2D eigenvalue weighted by Gasteiger charge is -2.23. The Morgan fingerprint density at radius 1 is 1.12 bits per heavy atom. The third kappa shape index (κ3) is 6.80. The van der Waals surface area contributed by atoms with Crippen LogP contribution in [-0.4, -0.2) is 24.2 Å². The second-order valence-electron chi connectivity index (χ2n) is 8.33. The highest BCUT2D eigenvalue weighted by Crippen LogP contribution is 2.24. The van der Waals surface area contributed by atoms with Gasteiger partial charge in [-0.1, -0.05) is 49.4 Å². The van der Waals surface area contributed by atoms with E-state index in [1.165, 1.54) is 12.1 Å². The number of hydrogen-bond donors (Lipinski definition) is 4. The van der Waals surface area contributed by atoms with Gasteiger partial charge in [-0.15, -0.1) is 0 Å². The van der Waals surface area contributed by atoms with Gasteiger partial charge in [0.1, 0.15) is 11.9 Å². The number of nitrogens with one attached hydrogen (secondary N) is 2. The van der Waals surface area contributed by atoms with Crippen molar-refractivity contribution in [3.8, 4) is 6.07 Å². The number of halogens is 1. The molecular weight excluding hydrogens is 431 g/mol. The average Bonchev–Trinajstić information content (AvgIpc) is 2.81. The summed E-state index contributed by atoms with van der Waals surface area (Å²) in [6.07, 6.45) is 0.646. The Hall–Kier alpha value is -3.89. The summed E-state index contributed by atoms with van der Waals surface area (Å²) in [4.78, 5) is 11.0. The van der Waals surface area contributed by atoms with Gasteiger partial charge in [0.05, 0.1) is 23.4 Å². The lowest BCUT2D eigenvalue weighted by molar-refractivity contribution is -0.136. The molecule has 5 N–H and O–H groups in total. The molecule has 2 unspecified atom stereocenters. The topological polar surface area (TPSA) is 111 Å². The Morgan fingerprint density at radius 2 is 1.85 bits per heavy atom. The standard InChI is InChI=1S/C27H29FN4O2/c1-18(20-6-2-5-19(13-20)14-26(33)34)17-32-24(21-7-3-9-23(28)15-21)11-12-31-25-10-4-8-22(16-29)27(25)30/h2-10,13,15,18,24,31-32H,11-12,14,17,30H2,1H3,(H,33,34). The van der Waals surface area contributed by atoms with Crippen molar-refractivity contribution in [3.63, 3.8) is 0 Å². The van der Waals surface area contributed by atoms with Crippen LogP contribution in [0, 0.1) is 17.1 Å². The first-order valence-electron chi connectivity index (χ1n) is 11.2. The van der Waals surface area contributed by atoms with E-state index in [1.54, 1.807) is 18.2 Å². The van der Waals surface area contributed by atoms with Gasteiger partial charge in [0.2, 0.25) is 0 Å². The smallest absolute Gasteiger partial charge is 0.307 e. The van der Waals surface area contributed by atoms with Gasteiger partial charge in [-0.3, -0.25) is 4.79 Å². The highest BCUT2D eigenvalue weighted by Gasteiger charge is 2.15. The van der Waals surface area contributed by atoms with E-state index < -0.39 is 5.97 Å². The second kappa shape index (κ2) is 11.8. The Bertz CT molecular complexity index is 1180. The zero-order valence-corrected chi connectivity index (χ0v) is 19.1. The zero-order chi connectivity index (χ0) is 24.5. The van der Waals surface area contributed by atoms with E-state index in [9.17, 15) is 14.4 Å². The predicted molar refractivity (Wildman–Crippen MR) is 132 cm³/mol. The largest absolute Gasteiger partial charge is 0.481 e. The van der Waals surface area contributed by atoms with Crippen LogP contribution in [0.4, 0.5) is 15.8 Å². The van der Waals surface area contributed by atoms with Crippen molar-refractivity contribution in [1.29, 1.82) is 5.26 Å². The monoisotopic (exact) mass is 460 g/mol. The lowest BCUT2D eigenvalue weighted by atomic mass is 9.96. The van der Waals surface area contributed by atoms with Gasteiger partial charge in [-0.05, 0) is 53.3 Å². The summed E-state index contributed by atoms with van der Waals surface area (Å²) in [7, 11) is 0. The first kappa shape index (κ1) is 24.7. The molecule has 0 bridgehead atoms. The highest BCUT2D eigenvalue weighted by molar-refractivity contribution is 5.72. The van der Waals surface area contributed by atoms with Gasteiger partial charge in [0.15, 0.2) is 0 Å². The molecule has 0 aliphatic carbocycles. The van der Waals surface area contributed by atoms with Gasteiger partial charge >= 0.3 is 5.97 Å². The first-order valence-corrected chi connectivity index (χ1v) is 11.2. The summed E-state index contributed by atoms with van der Waals surface area (Å²) in [5.41, 5.74) is 10.2. The number of rotatable bonds is 11. The van der Waals surface area contributed by atoms with Crippen LogP contribution >= 0.6 is 0 Å². The quantitative estimate of drug-likeness (QED) is 0.305. The summed E-state index contributed by atoms with van der Waals surface area (Å²) in [6.45, 7) is 3.27. The number of benzene rings is 3. The van der Waals surface area contributed by atoms with Crippen molar-refractivity contribution in [2.24, 2.45) is 0 Å². The summed E-state index contributed by atoms with van der Waals surface area (Å²) in [5.74, 6) is -1.03. The third-order valence-corrected chi connectivity index (χ3v) is 5.77. The van der Waals surface area contributed by atoms with E-state index in [-0.39, 0.29) is 24.2 Å². The number of carboxylic acid groups (broad SMARTS) is 1. The minimum atomic E-state index is -0.859. The van der Waals surface area contributed by atoms with Gasteiger partial charge in [-0.25, -0.2) is 4.39 Å². The van der Waals surface area contributed by atoms with E-state index in [0.29, 0.717) is 36.4 Å². The lowest BCUT2D eigenvalue weighted by Crippen LogP contribution is -2.27. The van der Waals surface area contributed by atoms with Gasteiger partial charge in [-0.2, -0.15) is 5.26 Å². The number of nitrogen functional groups attached to an aromatic ring is 1. The molecule has 7 heteroatoms. The molecule has 0 aliphatic rings. The fourth-order valence-corrected chi connectivity index (χ4v) is 3.90. The molecule has 3 aromatic carbocycles. The van der Waals surface area contributed by atoms with Crippen molar-refractivity contribution < 1.29 is 14.3 Å². The number of carboxylic acids is 1. The predicted octanol–water partition coefficient (Wildman–Crippen LogP) is 4.84. The fourth-order valence-electron chi connectivity index (χ4n) is 3.90. The van der Waals surface area contributed by atoms with Crippen molar-refractivity contribution in [2.45, 2.75) is 31.7 Å². The van der Waals surface area contributed by atoms with Crippen molar-refractivity contribution in [3.05, 3.63) is 94.8 Å². The molecule has 0 saturated heterocycles. The van der Waals surface area contributed by atoms with E-state index in [1.807, 2.05) is 36.4 Å². The number of nitrogens with zero attached hydrogens (tertiary/aromatic N) is 1. The van der Waals surface area contributed by atoms with Gasteiger partial charge in [0, 0.05) is 19.1 Å². The van der Waals surface area contributed by atoms with Crippen LogP contribution in [0.3, 0.4) is 0 Å². The molecule has 0 spiro atoms. The van der Waals surface area contributed by atoms with Crippen LogP contribution < -0.4 is 16.4 Å². The molecule has 176 valence electrons. The molecule has 0 heterocycles. The molecular formula is C27H29FN4O2. The Morgan fingerprint density at radius 3 is 2.59 bits per heavy atom. The van der Waals surface area contributed by atoms with Crippen LogP contribution in [0.2, 0.25) is 0 Å². The highest BCUT2D eigenvalue weighted by atomic mass is 19.1. The van der Waals surface area contributed by atoms with Crippen LogP contribution in [0.1, 0.15) is 47.6 Å². The molecule has 0 saturated carbocycles. The molecule has 6 nitrogen and oxygen atoms in total. The van der Waals surface area contributed by atoms with E-state index in [4.69, 9.17) is 10.8 Å². The normalized spacial score (nSPS) is 12.5. The Labute approximate surface area is 199 Å². The summed E-state index contributed by atoms with van der Waals surface area (Å²) in [5, 5.41) is 25.1. The number of carbonyl (C=O) groups is 1. The van der Waals surface area contributed by atoms with Crippen LogP contribution in [-0.2, 0) is 11.2 Å². The number of aliphatic carboxylic acids is 1. The fraction of sp³-hybridized carbons (Fsp3) is 0.259. The van der Waals surface area contributed by atoms with E-state index in [0.717, 1.165) is 16.7 Å². The number of para-hydroxylation sites is 1. The molecule has 2 atom stereocenters. The van der Waals surface area contributed by atoms with Crippen LogP contribution in [0.15, 0.2) is 66.7 Å². The van der Waals surface area contributed by atoms with Gasteiger partial charge in [0.25, 0.3) is 0 Å². The number of anilines is 2. The maximum atomic E-state index is 13.9. The Balaban J connectivity index is 1.68. The average molecular weight is 461 g/mol. The SMILES string of the molecule is CC(CNC(CCNc1cccc(C#N)c1N)c1cccc(F)c1)c1cccc(CC(=O)O)c1. The number of hydrogen-bond acceptors (Lipinski definition) is 5. The van der Waals surface area contributed by atoms with Gasteiger partial charge < -0.3 is 21.5 Å². The van der Waals surface area contributed by atoms with Crippen molar-refractivity contribution in [2.75, 3.05) is 24.1 Å². The molecule has 0 aromatic heterocycles. The minimum Gasteiger partial charge on any atom is -0.481 e. The van der Waals surface area contributed by atoms with Crippen LogP contribution in [0.25, 0.3) is 0 Å². The molecule has 0 radical (unpaired) electrons. The summed E-state index contributed by atoms with van der Waals surface area (Å²) >= 11 is 0. The first-order chi connectivity index (χ1) is 16.4. The molecule has 3 aromatic rings. The Kier molecular flexibility index (Phi) is 8.60.